The van der Waals surface area contributed by atoms with Gasteiger partial charge in [0.25, 0.3) is 0 Å². The lowest BCUT2D eigenvalue weighted by Crippen LogP contribution is -2.45. The number of hydrogen-bond acceptors (Lipinski definition) is 3. The van der Waals surface area contributed by atoms with Gasteiger partial charge in [-0.15, -0.1) is 0 Å². The Balaban J connectivity index is 4.32. The van der Waals surface area contributed by atoms with Gasteiger partial charge in [-0.2, -0.15) is 0 Å². The van der Waals surface area contributed by atoms with Gasteiger partial charge < -0.3 is 10.4 Å². The van der Waals surface area contributed by atoms with Crippen LogP contribution in [0.4, 0.5) is 0 Å². The Morgan fingerprint density at radius 2 is 1.76 bits per heavy atom. The average Bonchev–Trinajstić information content (AvgIpc) is 2.26. The van der Waals surface area contributed by atoms with Gasteiger partial charge in [0.15, 0.2) is 0 Å². The van der Waals surface area contributed by atoms with Gasteiger partial charge in [-0.25, -0.2) is 0 Å². The van der Waals surface area contributed by atoms with E-state index in [0.717, 1.165) is 12.8 Å². The lowest BCUT2D eigenvalue weighted by molar-refractivity contribution is -0.139. The van der Waals surface area contributed by atoms with Crippen LogP contribution in [0.2, 0.25) is 0 Å². The molecule has 17 heavy (non-hydrogen) atoms. The molecule has 2 atom stereocenters. The summed E-state index contributed by atoms with van der Waals surface area (Å²) in [5, 5.41) is 11.6. The molecule has 2 N–H and O–H groups in total. The predicted octanol–water partition coefficient (Wildman–Crippen LogP) is 1.09. The van der Waals surface area contributed by atoms with Crippen molar-refractivity contribution in [2.24, 2.45) is 0 Å². The van der Waals surface area contributed by atoms with Crippen LogP contribution in [0, 0.1) is 0 Å². The number of nitrogens with zero attached hydrogens (tertiary/aromatic N) is 1. The van der Waals surface area contributed by atoms with Crippen molar-refractivity contribution in [3.8, 4) is 0 Å². The minimum Gasteiger partial charge on any atom is -0.480 e. The maximum atomic E-state index is 11.7. The quantitative estimate of drug-likeness (QED) is 0.670. The third-order valence-corrected chi connectivity index (χ3v) is 2.92. The Morgan fingerprint density at radius 3 is 2.18 bits per heavy atom. The number of carbonyl (C=O) groups is 2. The van der Waals surface area contributed by atoms with Gasteiger partial charge in [-0.3, -0.25) is 14.5 Å². The first-order valence-electron chi connectivity index (χ1n) is 6.15. The normalized spacial score (nSPS) is 14.4. The van der Waals surface area contributed by atoms with Crippen LogP contribution in [0.15, 0.2) is 0 Å². The fourth-order valence-corrected chi connectivity index (χ4v) is 1.41. The molecule has 0 aromatic rings. The molecular formula is C12H24N2O3. The number of carboxylic acids is 1. The molecule has 0 heterocycles. The molecule has 5 heteroatoms. The van der Waals surface area contributed by atoms with E-state index < -0.39 is 5.97 Å². The van der Waals surface area contributed by atoms with Gasteiger partial charge in [0.05, 0.1) is 13.1 Å². The molecule has 100 valence electrons. The second-order valence-electron chi connectivity index (χ2n) is 4.43. The summed E-state index contributed by atoms with van der Waals surface area (Å²) in [6.07, 6.45) is 1.69. The highest BCUT2D eigenvalue weighted by atomic mass is 16.4. The summed E-state index contributed by atoms with van der Waals surface area (Å²) >= 11 is 0. The lowest BCUT2D eigenvalue weighted by Gasteiger charge is -2.26. The van der Waals surface area contributed by atoms with Gasteiger partial charge in [-0.05, 0) is 26.7 Å². The van der Waals surface area contributed by atoms with Gasteiger partial charge in [0, 0.05) is 12.1 Å². The molecule has 2 unspecified atom stereocenters. The summed E-state index contributed by atoms with van der Waals surface area (Å²) in [6, 6.07) is 0.222. The number of carbonyl (C=O) groups excluding carboxylic acids is 1. The van der Waals surface area contributed by atoms with Crippen LogP contribution >= 0.6 is 0 Å². The standard InChI is InChI=1S/C12H24N2O3/c1-5-9(3)13-11(15)7-14(8-12(16)17)10(4)6-2/h9-10H,5-8H2,1-4H3,(H,13,15)(H,16,17). The van der Waals surface area contributed by atoms with E-state index in [1.807, 2.05) is 27.7 Å². The smallest absolute Gasteiger partial charge is 0.317 e. The largest absolute Gasteiger partial charge is 0.480 e. The molecule has 0 radical (unpaired) electrons. The van der Waals surface area contributed by atoms with Crippen molar-refractivity contribution in [3.63, 3.8) is 0 Å². The van der Waals surface area contributed by atoms with Crippen LogP contribution in [0.1, 0.15) is 40.5 Å². The van der Waals surface area contributed by atoms with E-state index in [2.05, 4.69) is 5.32 Å². The zero-order valence-electron chi connectivity index (χ0n) is 11.2. The van der Waals surface area contributed by atoms with E-state index in [-0.39, 0.29) is 31.1 Å². The highest BCUT2D eigenvalue weighted by molar-refractivity contribution is 5.79. The number of amides is 1. The van der Waals surface area contributed by atoms with Crippen LogP contribution in [0.3, 0.4) is 0 Å². The molecule has 0 aliphatic carbocycles. The van der Waals surface area contributed by atoms with Crippen molar-refractivity contribution in [2.75, 3.05) is 13.1 Å². The minimum absolute atomic E-state index is 0.0915. The Hall–Kier alpha value is -1.10. The molecule has 5 nitrogen and oxygen atoms in total. The molecule has 0 bridgehead atoms. The van der Waals surface area contributed by atoms with Crippen LogP contribution < -0.4 is 5.32 Å². The molecule has 0 aliphatic heterocycles. The van der Waals surface area contributed by atoms with E-state index in [4.69, 9.17) is 5.11 Å². The minimum atomic E-state index is -0.901. The zero-order valence-corrected chi connectivity index (χ0v) is 11.2. The molecule has 1 amide bonds. The molecule has 0 saturated carbocycles. The Labute approximate surface area is 103 Å². The maximum Gasteiger partial charge on any atom is 0.317 e. The van der Waals surface area contributed by atoms with E-state index >= 15 is 0 Å². The van der Waals surface area contributed by atoms with Crippen molar-refractivity contribution in [1.29, 1.82) is 0 Å². The van der Waals surface area contributed by atoms with Crippen molar-refractivity contribution >= 4 is 11.9 Å². The van der Waals surface area contributed by atoms with Crippen molar-refractivity contribution in [1.82, 2.24) is 10.2 Å². The summed E-state index contributed by atoms with van der Waals surface area (Å²) in [6.45, 7) is 7.89. The summed E-state index contributed by atoms with van der Waals surface area (Å²) < 4.78 is 0. The zero-order chi connectivity index (χ0) is 13.4. The van der Waals surface area contributed by atoms with Crippen LogP contribution in [-0.2, 0) is 9.59 Å². The maximum absolute atomic E-state index is 11.7. The van der Waals surface area contributed by atoms with Gasteiger partial charge >= 0.3 is 5.97 Å². The monoisotopic (exact) mass is 244 g/mol. The van der Waals surface area contributed by atoms with E-state index in [1.54, 1.807) is 4.90 Å². The van der Waals surface area contributed by atoms with Crippen LogP contribution in [0.5, 0.6) is 0 Å². The predicted molar refractivity (Wildman–Crippen MR) is 66.9 cm³/mol. The first kappa shape index (κ1) is 15.9. The number of nitrogens with one attached hydrogen (secondary N) is 1. The fourth-order valence-electron chi connectivity index (χ4n) is 1.41. The van der Waals surface area contributed by atoms with Crippen molar-refractivity contribution in [2.45, 2.75) is 52.6 Å². The molecule has 0 spiro atoms. The van der Waals surface area contributed by atoms with Gasteiger partial charge in [-0.1, -0.05) is 13.8 Å². The second-order valence-corrected chi connectivity index (χ2v) is 4.43. The molecule has 0 aliphatic rings. The van der Waals surface area contributed by atoms with Gasteiger partial charge in [0.2, 0.25) is 5.91 Å². The number of aliphatic carboxylic acids is 1. The van der Waals surface area contributed by atoms with Gasteiger partial charge in [0.1, 0.15) is 0 Å². The molecular weight excluding hydrogens is 220 g/mol. The molecule has 0 fully saturated rings. The third-order valence-electron chi connectivity index (χ3n) is 2.92. The molecule has 0 aromatic heterocycles. The summed E-state index contributed by atoms with van der Waals surface area (Å²) in [7, 11) is 0. The average molecular weight is 244 g/mol. The van der Waals surface area contributed by atoms with Crippen LogP contribution in [-0.4, -0.2) is 47.1 Å². The summed E-state index contributed by atoms with van der Waals surface area (Å²) in [5.41, 5.74) is 0. The van der Waals surface area contributed by atoms with Crippen molar-refractivity contribution in [3.05, 3.63) is 0 Å². The molecule has 0 rings (SSSR count). The Kier molecular flexibility index (Phi) is 7.54. The van der Waals surface area contributed by atoms with Crippen LogP contribution in [0.25, 0.3) is 0 Å². The summed E-state index contributed by atoms with van der Waals surface area (Å²) in [5.74, 6) is -1.01. The highest BCUT2D eigenvalue weighted by Crippen LogP contribution is 2.03. The first-order chi connectivity index (χ1) is 7.90. The third kappa shape index (κ3) is 6.94. The first-order valence-corrected chi connectivity index (χ1v) is 6.15. The fraction of sp³-hybridized carbons (Fsp3) is 0.833. The summed E-state index contributed by atoms with van der Waals surface area (Å²) in [4.78, 5) is 24.1. The Bertz CT molecular complexity index is 256. The van der Waals surface area contributed by atoms with E-state index in [0.29, 0.717) is 0 Å². The topological polar surface area (TPSA) is 69.6 Å². The van der Waals surface area contributed by atoms with E-state index in [9.17, 15) is 9.59 Å². The highest BCUT2D eigenvalue weighted by Gasteiger charge is 2.19. The second kappa shape index (κ2) is 8.06. The molecule has 0 saturated heterocycles. The molecule has 0 aromatic carbocycles. The lowest BCUT2D eigenvalue weighted by atomic mass is 10.2. The number of rotatable bonds is 8. The Morgan fingerprint density at radius 1 is 1.18 bits per heavy atom. The number of hydrogen-bond donors (Lipinski definition) is 2. The van der Waals surface area contributed by atoms with E-state index in [1.165, 1.54) is 0 Å². The number of carboxylic acid groups (broad SMARTS) is 1. The van der Waals surface area contributed by atoms with Crippen molar-refractivity contribution < 1.29 is 14.7 Å². The SMILES string of the molecule is CCC(C)NC(=O)CN(CC(=O)O)C(C)CC.